The van der Waals surface area contributed by atoms with E-state index >= 15 is 0 Å². The zero-order valence-electron chi connectivity index (χ0n) is 17.0. The molecule has 158 valence electrons. The van der Waals surface area contributed by atoms with Crippen LogP contribution in [0.15, 0.2) is 72.8 Å². The summed E-state index contributed by atoms with van der Waals surface area (Å²) >= 11 is 0. The Kier molecular flexibility index (Phi) is 5.66. The first kappa shape index (κ1) is 20.5. The lowest BCUT2D eigenvalue weighted by Gasteiger charge is -2.25. The monoisotopic (exact) mass is 419 g/mol. The molecule has 0 bridgehead atoms. The van der Waals surface area contributed by atoms with Gasteiger partial charge in [0.25, 0.3) is 11.7 Å². The third-order valence-corrected chi connectivity index (χ3v) is 5.43. The number of benzene rings is 2. The second-order valence-electron chi connectivity index (χ2n) is 7.56. The highest BCUT2D eigenvalue weighted by molar-refractivity contribution is 6.46. The van der Waals surface area contributed by atoms with Gasteiger partial charge >= 0.3 is 0 Å². The molecule has 0 aliphatic carbocycles. The molecule has 7 heteroatoms. The summed E-state index contributed by atoms with van der Waals surface area (Å²) in [6.07, 6.45) is 5.77. The molecule has 1 aromatic heterocycles. The maximum absolute atomic E-state index is 13.5. The molecule has 0 radical (unpaired) electrons. The molecule has 2 aromatic carbocycles. The van der Waals surface area contributed by atoms with Gasteiger partial charge in [-0.25, -0.2) is 9.37 Å². The van der Waals surface area contributed by atoms with Crippen molar-refractivity contribution in [2.24, 2.45) is 0 Å². The highest BCUT2D eigenvalue weighted by atomic mass is 19.1. The van der Waals surface area contributed by atoms with Crippen molar-refractivity contribution in [2.45, 2.75) is 25.9 Å². The fourth-order valence-electron chi connectivity index (χ4n) is 3.81. The number of aliphatic hydroxyl groups excluding tert-OH is 1. The minimum absolute atomic E-state index is 0.0168. The Bertz CT molecular complexity index is 1120. The number of rotatable bonds is 6. The van der Waals surface area contributed by atoms with Crippen LogP contribution in [0, 0.1) is 12.7 Å². The Labute approximate surface area is 179 Å². The summed E-state index contributed by atoms with van der Waals surface area (Å²) in [5.41, 5.74) is 2.04. The molecule has 0 spiro atoms. The average molecular weight is 419 g/mol. The number of likely N-dealkylation sites (tertiary alicyclic amines) is 1. The molecule has 31 heavy (non-hydrogen) atoms. The van der Waals surface area contributed by atoms with Crippen LogP contribution in [0.2, 0.25) is 0 Å². The Balaban J connectivity index is 1.72. The number of nitrogens with zero attached hydrogens (tertiary/aromatic N) is 3. The van der Waals surface area contributed by atoms with Gasteiger partial charge in [0, 0.05) is 31.0 Å². The normalized spacial score (nSPS) is 18.0. The molecule has 1 fully saturated rings. The number of aliphatic hydroxyl groups is 1. The molecule has 3 aromatic rings. The fraction of sp³-hybridized carbons (Fsp3) is 0.208. The quantitative estimate of drug-likeness (QED) is 0.374. The third-order valence-electron chi connectivity index (χ3n) is 5.43. The van der Waals surface area contributed by atoms with E-state index in [1.165, 1.54) is 29.2 Å². The van der Waals surface area contributed by atoms with Crippen molar-refractivity contribution in [3.05, 3.63) is 95.3 Å². The summed E-state index contributed by atoms with van der Waals surface area (Å²) in [6.45, 7) is 2.84. The Hall–Kier alpha value is -3.74. The Morgan fingerprint density at radius 3 is 2.42 bits per heavy atom. The van der Waals surface area contributed by atoms with Crippen molar-refractivity contribution in [3.63, 3.8) is 0 Å². The summed E-state index contributed by atoms with van der Waals surface area (Å²) in [4.78, 5) is 31.3. The topological polar surface area (TPSA) is 75.4 Å². The van der Waals surface area contributed by atoms with Gasteiger partial charge in [-0.15, -0.1) is 0 Å². The molecular formula is C24H22FN3O3. The van der Waals surface area contributed by atoms with E-state index in [1.807, 2.05) is 29.8 Å². The number of carbonyl (C=O) groups is 2. The van der Waals surface area contributed by atoms with Crippen LogP contribution < -0.4 is 0 Å². The van der Waals surface area contributed by atoms with E-state index in [4.69, 9.17) is 0 Å². The van der Waals surface area contributed by atoms with Gasteiger partial charge in [-0.2, -0.15) is 0 Å². The van der Waals surface area contributed by atoms with E-state index in [0.717, 1.165) is 5.56 Å². The largest absolute Gasteiger partial charge is 0.507 e. The zero-order valence-corrected chi connectivity index (χ0v) is 17.0. The third kappa shape index (κ3) is 4.12. The van der Waals surface area contributed by atoms with Gasteiger partial charge in [-0.1, -0.05) is 42.0 Å². The first-order valence-electron chi connectivity index (χ1n) is 10.0. The lowest BCUT2D eigenvalue weighted by atomic mass is 9.95. The SMILES string of the molecule is Cc1ccc(C(O)=C2C(=O)C(=O)N(CCCn3ccnc3)[C@H]2c2ccc(F)cc2)cc1. The fourth-order valence-corrected chi connectivity index (χ4v) is 3.81. The minimum atomic E-state index is -0.787. The van der Waals surface area contributed by atoms with Crippen LogP contribution in [0.1, 0.15) is 29.2 Å². The van der Waals surface area contributed by atoms with E-state index in [-0.39, 0.29) is 11.3 Å². The van der Waals surface area contributed by atoms with Gasteiger partial charge in [0.1, 0.15) is 11.6 Å². The highest BCUT2D eigenvalue weighted by Crippen LogP contribution is 2.39. The second-order valence-corrected chi connectivity index (χ2v) is 7.56. The molecule has 1 N–H and O–H groups in total. The predicted octanol–water partition coefficient (Wildman–Crippen LogP) is 3.84. The molecule has 4 rings (SSSR count). The van der Waals surface area contributed by atoms with E-state index < -0.39 is 23.5 Å². The van der Waals surface area contributed by atoms with Gasteiger partial charge in [-0.3, -0.25) is 9.59 Å². The van der Waals surface area contributed by atoms with E-state index in [0.29, 0.717) is 30.6 Å². The lowest BCUT2D eigenvalue weighted by molar-refractivity contribution is -0.139. The molecule has 0 unspecified atom stereocenters. The number of aryl methyl sites for hydroxylation is 2. The lowest BCUT2D eigenvalue weighted by Crippen LogP contribution is -2.31. The van der Waals surface area contributed by atoms with Crippen LogP contribution in [0.3, 0.4) is 0 Å². The van der Waals surface area contributed by atoms with Crippen molar-refractivity contribution in [2.75, 3.05) is 6.54 Å². The molecular weight excluding hydrogens is 397 g/mol. The number of amides is 1. The highest BCUT2D eigenvalue weighted by Gasteiger charge is 2.45. The van der Waals surface area contributed by atoms with Gasteiger partial charge in [0.2, 0.25) is 0 Å². The number of hydrogen-bond acceptors (Lipinski definition) is 4. The smallest absolute Gasteiger partial charge is 0.295 e. The second kappa shape index (κ2) is 8.55. The first-order chi connectivity index (χ1) is 15.0. The number of aromatic nitrogens is 2. The molecule has 2 heterocycles. The van der Waals surface area contributed by atoms with Gasteiger partial charge in [-0.05, 0) is 31.0 Å². The van der Waals surface area contributed by atoms with Crippen LogP contribution in [0.4, 0.5) is 4.39 Å². The Morgan fingerprint density at radius 2 is 1.77 bits per heavy atom. The average Bonchev–Trinajstić information content (AvgIpc) is 3.37. The number of carbonyl (C=O) groups excluding carboxylic acids is 2. The van der Waals surface area contributed by atoms with E-state index in [9.17, 15) is 19.1 Å². The standard InChI is InChI=1S/C24H22FN3O3/c1-16-3-5-18(6-4-16)22(29)20-21(17-7-9-19(25)10-8-17)28(24(31)23(20)30)13-2-12-27-14-11-26-15-27/h3-11,14-15,21,29H,2,12-13H2,1H3/t21-/m0/s1. The van der Waals surface area contributed by atoms with Gasteiger partial charge in [0.15, 0.2) is 0 Å². The number of ketones is 1. The first-order valence-corrected chi connectivity index (χ1v) is 10.0. The summed E-state index contributed by atoms with van der Waals surface area (Å²) in [7, 11) is 0. The number of imidazole rings is 1. The van der Waals surface area contributed by atoms with Crippen molar-refractivity contribution < 1.29 is 19.1 Å². The van der Waals surface area contributed by atoms with Crippen LogP contribution in [-0.4, -0.2) is 37.8 Å². The van der Waals surface area contributed by atoms with Gasteiger partial charge < -0.3 is 14.6 Å². The van der Waals surface area contributed by atoms with Crippen molar-refractivity contribution >= 4 is 17.4 Å². The van der Waals surface area contributed by atoms with Crippen molar-refractivity contribution in [1.29, 1.82) is 0 Å². The number of hydrogen-bond donors (Lipinski definition) is 1. The van der Waals surface area contributed by atoms with Gasteiger partial charge in [0.05, 0.1) is 17.9 Å². The van der Waals surface area contributed by atoms with Crippen LogP contribution in [0.25, 0.3) is 5.76 Å². The summed E-state index contributed by atoms with van der Waals surface area (Å²) in [5, 5.41) is 11.0. The molecule has 1 amide bonds. The predicted molar refractivity (Wildman–Crippen MR) is 113 cm³/mol. The van der Waals surface area contributed by atoms with Crippen LogP contribution in [0.5, 0.6) is 0 Å². The van der Waals surface area contributed by atoms with Crippen LogP contribution in [-0.2, 0) is 16.1 Å². The van der Waals surface area contributed by atoms with Crippen molar-refractivity contribution in [1.82, 2.24) is 14.5 Å². The van der Waals surface area contributed by atoms with E-state index in [1.54, 1.807) is 24.7 Å². The number of Topliss-reactive ketones (excluding diaryl/α,β-unsaturated/α-hetero) is 1. The molecule has 6 nitrogen and oxygen atoms in total. The maximum atomic E-state index is 13.5. The van der Waals surface area contributed by atoms with E-state index in [2.05, 4.69) is 4.98 Å². The molecule has 1 atom stereocenters. The molecule has 0 saturated carbocycles. The van der Waals surface area contributed by atoms with Crippen molar-refractivity contribution in [3.8, 4) is 0 Å². The summed E-state index contributed by atoms with van der Waals surface area (Å²) < 4.78 is 15.4. The summed E-state index contributed by atoms with van der Waals surface area (Å²) in [6, 6.07) is 11.9. The molecule has 1 aliphatic rings. The minimum Gasteiger partial charge on any atom is -0.507 e. The molecule has 1 saturated heterocycles. The Morgan fingerprint density at radius 1 is 1.06 bits per heavy atom. The zero-order chi connectivity index (χ0) is 22.0. The molecule has 1 aliphatic heterocycles. The summed E-state index contributed by atoms with van der Waals surface area (Å²) in [5.74, 6) is -2.06. The van der Waals surface area contributed by atoms with Crippen LogP contribution >= 0.6 is 0 Å². The maximum Gasteiger partial charge on any atom is 0.295 e. The number of halogens is 1.